The first kappa shape index (κ1) is 11.1. The van der Waals surface area contributed by atoms with E-state index in [0.29, 0.717) is 23.4 Å². The van der Waals surface area contributed by atoms with Gasteiger partial charge in [-0.3, -0.25) is 4.57 Å². The van der Waals surface area contributed by atoms with Crippen molar-refractivity contribution in [1.82, 2.24) is 19.5 Å². The Kier molecular flexibility index (Phi) is 2.49. The molecule has 3 heterocycles. The second-order valence-corrected chi connectivity index (χ2v) is 4.19. The van der Waals surface area contributed by atoms with Crippen LogP contribution in [0, 0.1) is 0 Å². The quantitative estimate of drug-likeness (QED) is 0.738. The number of imidazole rings is 1. The number of hydrogen-bond acceptors (Lipinski definition) is 6. The number of aromatic nitrogens is 4. The number of nitrogen functional groups attached to an aromatic ring is 1. The van der Waals surface area contributed by atoms with Gasteiger partial charge in [0.1, 0.15) is 17.9 Å². The lowest BCUT2D eigenvalue weighted by molar-refractivity contribution is -0.0227. The van der Waals surface area contributed by atoms with Crippen molar-refractivity contribution in [3.05, 3.63) is 25.3 Å². The minimum Gasteiger partial charge on any atom is -0.388 e. The van der Waals surface area contributed by atoms with Crippen molar-refractivity contribution in [3.63, 3.8) is 0 Å². The van der Waals surface area contributed by atoms with E-state index in [0.717, 1.165) is 0 Å². The fourth-order valence-corrected chi connectivity index (χ4v) is 2.14. The van der Waals surface area contributed by atoms with E-state index in [1.54, 1.807) is 17.0 Å². The van der Waals surface area contributed by atoms with Crippen LogP contribution in [0.2, 0.25) is 0 Å². The van der Waals surface area contributed by atoms with Gasteiger partial charge >= 0.3 is 0 Å². The number of aliphatic hydroxyl groups excluding tert-OH is 1. The molecular weight excluding hydrogens is 234 g/mol. The van der Waals surface area contributed by atoms with Crippen LogP contribution in [-0.2, 0) is 4.74 Å². The summed E-state index contributed by atoms with van der Waals surface area (Å²) in [7, 11) is 0. The Morgan fingerprint density at radius 1 is 1.50 bits per heavy atom. The number of nitrogens with zero attached hydrogens (tertiary/aromatic N) is 4. The van der Waals surface area contributed by atoms with Crippen LogP contribution < -0.4 is 5.73 Å². The molecule has 0 saturated carbocycles. The Morgan fingerprint density at radius 3 is 3.06 bits per heavy atom. The molecule has 1 aliphatic heterocycles. The molecule has 7 nitrogen and oxygen atoms in total. The van der Waals surface area contributed by atoms with Crippen LogP contribution in [-0.4, -0.2) is 36.8 Å². The van der Waals surface area contributed by atoms with Crippen molar-refractivity contribution in [2.45, 2.75) is 24.9 Å². The molecule has 1 fully saturated rings. The average Bonchev–Trinajstić information content (AvgIpc) is 2.93. The van der Waals surface area contributed by atoms with Crippen LogP contribution in [0.1, 0.15) is 12.6 Å². The van der Waals surface area contributed by atoms with Crippen molar-refractivity contribution >= 4 is 17.0 Å². The highest BCUT2D eigenvalue weighted by atomic mass is 16.5. The lowest BCUT2D eigenvalue weighted by Gasteiger charge is -2.15. The summed E-state index contributed by atoms with van der Waals surface area (Å²) < 4.78 is 7.34. The maximum atomic E-state index is 9.99. The summed E-state index contributed by atoms with van der Waals surface area (Å²) in [6, 6.07) is 0. The number of anilines is 1. The van der Waals surface area contributed by atoms with Gasteiger partial charge in [0.25, 0.3) is 0 Å². The van der Waals surface area contributed by atoms with E-state index in [9.17, 15) is 5.11 Å². The minimum atomic E-state index is -0.624. The zero-order chi connectivity index (χ0) is 12.7. The van der Waals surface area contributed by atoms with E-state index in [1.807, 2.05) is 0 Å². The second-order valence-electron chi connectivity index (χ2n) is 4.19. The number of rotatable bonds is 2. The van der Waals surface area contributed by atoms with Gasteiger partial charge in [0.05, 0.1) is 12.4 Å². The summed E-state index contributed by atoms with van der Waals surface area (Å²) in [5.74, 6) is 0.312. The smallest absolute Gasteiger partial charge is 0.167 e. The molecule has 0 spiro atoms. The fraction of sp³-hybridized carbons (Fsp3) is 0.364. The average molecular weight is 247 g/mol. The van der Waals surface area contributed by atoms with Gasteiger partial charge in [-0.05, 0) is 0 Å². The topological polar surface area (TPSA) is 99.1 Å². The van der Waals surface area contributed by atoms with E-state index in [2.05, 4.69) is 21.5 Å². The van der Waals surface area contributed by atoms with Crippen LogP contribution in [0.25, 0.3) is 11.2 Å². The maximum absolute atomic E-state index is 9.99. The van der Waals surface area contributed by atoms with E-state index in [1.165, 1.54) is 6.33 Å². The van der Waals surface area contributed by atoms with Crippen molar-refractivity contribution in [1.29, 1.82) is 0 Å². The Balaban J connectivity index is 2.05. The van der Waals surface area contributed by atoms with Gasteiger partial charge in [-0.25, -0.2) is 15.0 Å². The monoisotopic (exact) mass is 247 g/mol. The van der Waals surface area contributed by atoms with Crippen molar-refractivity contribution in [2.24, 2.45) is 0 Å². The first-order valence-electron chi connectivity index (χ1n) is 5.60. The molecule has 0 bridgehead atoms. The molecule has 3 N–H and O–H groups in total. The van der Waals surface area contributed by atoms with E-state index in [4.69, 9.17) is 10.5 Å². The molecule has 3 rings (SSSR count). The highest BCUT2D eigenvalue weighted by Crippen LogP contribution is 2.31. The van der Waals surface area contributed by atoms with E-state index in [-0.39, 0.29) is 6.10 Å². The summed E-state index contributed by atoms with van der Waals surface area (Å²) in [5, 5.41) is 9.99. The standard InChI is InChI=1S/C11H13N5O2/c1-2-6-3-7(17)11(18-6)16-5-15-8-9(12)13-4-14-10(8)16/h2,4-7,11,17H,1,3H2,(H2,12,13,14). The van der Waals surface area contributed by atoms with Gasteiger partial charge < -0.3 is 15.6 Å². The van der Waals surface area contributed by atoms with Gasteiger partial charge in [-0.2, -0.15) is 0 Å². The molecule has 3 unspecified atom stereocenters. The molecular formula is C11H13N5O2. The van der Waals surface area contributed by atoms with Crippen molar-refractivity contribution in [3.8, 4) is 0 Å². The minimum absolute atomic E-state index is 0.165. The first-order chi connectivity index (χ1) is 8.70. The van der Waals surface area contributed by atoms with Crippen LogP contribution in [0.15, 0.2) is 25.3 Å². The Hall–Kier alpha value is -1.99. The first-order valence-corrected chi connectivity index (χ1v) is 5.60. The molecule has 0 aliphatic carbocycles. The molecule has 1 aliphatic rings. The van der Waals surface area contributed by atoms with Gasteiger partial charge in [0.15, 0.2) is 17.7 Å². The highest BCUT2D eigenvalue weighted by molar-refractivity contribution is 5.81. The van der Waals surface area contributed by atoms with Crippen molar-refractivity contribution in [2.75, 3.05) is 5.73 Å². The number of fused-ring (bicyclic) bond motifs is 1. The molecule has 0 aromatic carbocycles. The summed E-state index contributed by atoms with van der Waals surface area (Å²) in [6.45, 7) is 3.66. The Labute approximate surface area is 103 Å². The second kappa shape index (κ2) is 4.04. The Bertz CT molecular complexity index is 596. The van der Waals surface area contributed by atoms with Crippen LogP contribution >= 0.6 is 0 Å². The molecule has 2 aromatic rings. The highest BCUT2D eigenvalue weighted by Gasteiger charge is 2.34. The number of ether oxygens (including phenoxy) is 1. The van der Waals surface area contributed by atoms with Crippen LogP contribution in [0.4, 0.5) is 5.82 Å². The van der Waals surface area contributed by atoms with E-state index >= 15 is 0 Å². The molecule has 7 heteroatoms. The molecule has 0 radical (unpaired) electrons. The SMILES string of the molecule is C=CC1CC(O)C(n2cnc3c(N)ncnc32)O1. The third kappa shape index (κ3) is 1.56. The number of nitrogens with two attached hydrogens (primary N) is 1. The molecule has 1 saturated heterocycles. The van der Waals surface area contributed by atoms with E-state index < -0.39 is 12.3 Å². The normalized spacial score (nSPS) is 27.7. The van der Waals surface area contributed by atoms with Crippen LogP contribution in [0.3, 0.4) is 0 Å². The zero-order valence-corrected chi connectivity index (χ0v) is 9.60. The lowest BCUT2D eigenvalue weighted by atomic mass is 10.2. The fourth-order valence-electron chi connectivity index (χ4n) is 2.14. The zero-order valence-electron chi connectivity index (χ0n) is 9.60. The Morgan fingerprint density at radius 2 is 2.33 bits per heavy atom. The third-order valence-corrected chi connectivity index (χ3v) is 3.04. The van der Waals surface area contributed by atoms with Crippen LogP contribution in [0.5, 0.6) is 0 Å². The summed E-state index contributed by atoms with van der Waals surface area (Å²) >= 11 is 0. The third-order valence-electron chi connectivity index (χ3n) is 3.04. The molecule has 94 valence electrons. The van der Waals surface area contributed by atoms with Crippen molar-refractivity contribution < 1.29 is 9.84 Å². The van der Waals surface area contributed by atoms with Gasteiger partial charge in [0, 0.05) is 6.42 Å². The number of aliphatic hydroxyl groups is 1. The molecule has 0 amide bonds. The summed E-state index contributed by atoms with van der Waals surface area (Å²) in [5.41, 5.74) is 6.77. The maximum Gasteiger partial charge on any atom is 0.167 e. The largest absolute Gasteiger partial charge is 0.388 e. The number of hydrogen-bond donors (Lipinski definition) is 2. The van der Waals surface area contributed by atoms with Gasteiger partial charge in [-0.1, -0.05) is 6.08 Å². The molecule has 2 aromatic heterocycles. The predicted octanol–water partition coefficient (Wildman–Crippen LogP) is 0.243. The van der Waals surface area contributed by atoms with Gasteiger partial charge in [0.2, 0.25) is 0 Å². The predicted molar refractivity (Wildman–Crippen MR) is 64.5 cm³/mol. The summed E-state index contributed by atoms with van der Waals surface area (Å²) in [6.07, 6.45) is 3.78. The van der Waals surface area contributed by atoms with Gasteiger partial charge in [-0.15, -0.1) is 6.58 Å². The molecule has 18 heavy (non-hydrogen) atoms. The summed E-state index contributed by atoms with van der Waals surface area (Å²) in [4.78, 5) is 12.1. The lowest BCUT2D eigenvalue weighted by Crippen LogP contribution is -2.19. The molecule has 3 atom stereocenters.